The zero-order valence-electron chi connectivity index (χ0n) is 10.6. The molecule has 18 heavy (non-hydrogen) atoms. The van der Waals surface area contributed by atoms with Gasteiger partial charge >= 0.3 is 0 Å². The molecule has 98 valence electrons. The Morgan fingerprint density at radius 1 is 1.50 bits per heavy atom. The van der Waals surface area contributed by atoms with Gasteiger partial charge in [-0.1, -0.05) is 18.2 Å². The van der Waals surface area contributed by atoms with E-state index >= 15 is 0 Å². The van der Waals surface area contributed by atoms with Crippen molar-refractivity contribution in [2.24, 2.45) is 0 Å². The average Bonchev–Trinajstić information content (AvgIpc) is 2.85. The fourth-order valence-electron chi connectivity index (χ4n) is 2.19. The van der Waals surface area contributed by atoms with Gasteiger partial charge in [-0.25, -0.2) is 4.39 Å². The van der Waals surface area contributed by atoms with Crippen molar-refractivity contribution >= 4 is 17.5 Å². The van der Waals surface area contributed by atoms with Gasteiger partial charge in [-0.05, 0) is 30.9 Å². The zero-order chi connectivity index (χ0) is 13.0. The molecule has 0 aromatic heterocycles. The van der Waals surface area contributed by atoms with E-state index in [1.165, 1.54) is 11.8 Å². The van der Waals surface area contributed by atoms with Crippen LogP contribution in [0.5, 0.6) is 0 Å². The summed E-state index contributed by atoms with van der Waals surface area (Å²) in [5, 5.41) is 0. The van der Waals surface area contributed by atoms with Crippen molar-refractivity contribution in [3.8, 4) is 0 Å². The number of carbonyl (C=O) groups excluding carboxylic acids is 1. The van der Waals surface area contributed by atoms with Gasteiger partial charge in [0.15, 0.2) is 5.78 Å². The number of Topliss-reactive ketones (excluding diaryl/α,β-unsaturated/α-hetero) is 1. The lowest BCUT2D eigenvalue weighted by molar-refractivity contribution is -0.119. The molecule has 2 nitrogen and oxygen atoms in total. The molecule has 0 N–H and O–H groups in total. The maximum Gasteiger partial charge on any atom is 0.151 e. The van der Waals surface area contributed by atoms with E-state index in [2.05, 4.69) is 4.90 Å². The number of rotatable bonds is 5. The van der Waals surface area contributed by atoms with Gasteiger partial charge in [0.05, 0.1) is 6.54 Å². The van der Waals surface area contributed by atoms with Crippen LogP contribution in [0.3, 0.4) is 0 Å². The molecule has 4 heteroatoms. The highest BCUT2D eigenvalue weighted by Gasteiger charge is 2.21. The van der Waals surface area contributed by atoms with E-state index in [0.29, 0.717) is 18.2 Å². The standard InChI is InChI=1S/C14H18FNOS/c1-16(12-6-7-18-10-12)9-13(17)8-11-4-2-3-5-14(11)15/h2-5,12H,6-10H2,1H3. The second-order valence-electron chi connectivity index (χ2n) is 4.74. The van der Waals surface area contributed by atoms with Crippen molar-refractivity contribution in [2.75, 3.05) is 25.1 Å². The Morgan fingerprint density at radius 2 is 2.28 bits per heavy atom. The van der Waals surface area contributed by atoms with E-state index in [0.717, 1.165) is 12.2 Å². The number of halogens is 1. The molecule has 1 fully saturated rings. The summed E-state index contributed by atoms with van der Waals surface area (Å²) in [6, 6.07) is 6.99. The first-order valence-corrected chi connectivity index (χ1v) is 7.35. The van der Waals surface area contributed by atoms with Gasteiger partial charge in [0, 0.05) is 18.2 Å². The molecule has 1 aromatic carbocycles. The molecule has 0 spiro atoms. The third-order valence-corrected chi connectivity index (χ3v) is 4.45. The monoisotopic (exact) mass is 267 g/mol. The minimum absolute atomic E-state index is 0.0829. The lowest BCUT2D eigenvalue weighted by Crippen LogP contribution is -2.36. The third kappa shape index (κ3) is 3.56. The van der Waals surface area contributed by atoms with Crippen LogP contribution in [0.4, 0.5) is 4.39 Å². The molecule has 1 aliphatic rings. The number of carbonyl (C=O) groups is 1. The minimum Gasteiger partial charge on any atom is -0.298 e. The predicted molar refractivity (Wildman–Crippen MR) is 73.5 cm³/mol. The summed E-state index contributed by atoms with van der Waals surface area (Å²) in [6.45, 7) is 0.416. The molecule has 0 saturated carbocycles. The molecular formula is C14H18FNOS. The molecule has 1 aromatic rings. The van der Waals surface area contributed by atoms with E-state index in [1.54, 1.807) is 18.2 Å². The van der Waals surface area contributed by atoms with Gasteiger partial charge in [-0.2, -0.15) is 11.8 Å². The largest absolute Gasteiger partial charge is 0.298 e. The molecule has 1 aliphatic heterocycles. The van der Waals surface area contributed by atoms with Crippen molar-refractivity contribution in [1.82, 2.24) is 4.90 Å². The highest BCUT2D eigenvalue weighted by Crippen LogP contribution is 2.21. The predicted octanol–water partition coefficient (Wildman–Crippen LogP) is 2.37. The molecule has 1 heterocycles. The van der Waals surface area contributed by atoms with Gasteiger partial charge in [0.25, 0.3) is 0 Å². The lowest BCUT2D eigenvalue weighted by atomic mass is 10.1. The quantitative estimate of drug-likeness (QED) is 0.817. The minimum atomic E-state index is -0.287. The topological polar surface area (TPSA) is 20.3 Å². The zero-order valence-corrected chi connectivity index (χ0v) is 11.4. The Labute approximate surface area is 112 Å². The first-order chi connectivity index (χ1) is 8.66. The second kappa shape index (κ2) is 6.34. The Kier molecular flexibility index (Phi) is 4.78. The van der Waals surface area contributed by atoms with Crippen molar-refractivity contribution < 1.29 is 9.18 Å². The normalized spacial score (nSPS) is 19.4. The lowest BCUT2D eigenvalue weighted by Gasteiger charge is -2.22. The maximum atomic E-state index is 13.4. The van der Waals surface area contributed by atoms with Crippen molar-refractivity contribution in [2.45, 2.75) is 18.9 Å². The van der Waals surface area contributed by atoms with Crippen LogP contribution in [0.25, 0.3) is 0 Å². The summed E-state index contributed by atoms with van der Waals surface area (Å²) < 4.78 is 13.4. The summed E-state index contributed by atoms with van der Waals surface area (Å²) in [6.07, 6.45) is 1.34. The Bertz CT molecular complexity index is 418. The van der Waals surface area contributed by atoms with Crippen LogP contribution >= 0.6 is 11.8 Å². The smallest absolute Gasteiger partial charge is 0.151 e. The van der Waals surface area contributed by atoms with Crippen LogP contribution in [-0.4, -0.2) is 41.8 Å². The van der Waals surface area contributed by atoms with Gasteiger partial charge < -0.3 is 0 Å². The van der Waals surface area contributed by atoms with Crippen molar-refractivity contribution in [3.63, 3.8) is 0 Å². The van der Waals surface area contributed by atoms with Crippen LogP contribution < -0.4 is 0 Å². The molecule has 0 amide bonds. The third-order valence-electron chi connectivity index (χ3n) is 3.30. The molecule has 2 rings (SSSR count). The second-order valence-corrected chi connectivity index (χ2v) is 5.89. The number of hydrogen-bond acceptors (Lipinski definition) is 3. The van der Waals surface area contributed by atoms with Crippen LogP contribution in [0.2, 0.25) is 0 Å². The highest BCUT2D eigenvalue weighted by atomic mass is 32.2. The van der Waals surface area contributed by atoms with Gasteiger partial charge in [-0.3, -0.25) is 9.69 Å². The number of benzene rings is 1. The first kappa shape index (κ1) is 13.6. The summed E-state index contributed by atoms with van der Waals surface area (Å²) in [5.74, 6) is 2.07. The van der Waals surface area contributed by atoms with E-state index < -0.39 is 0 Å². The van der Waals surface area contributed by atoms with E-state index in [4.69, 9.17) is 0 Å². The SMILES string of the molecule is CN(CC(=O)Cc1ccccc1F)C1CCSC1. The molecule has 0 radical (unpaired) electrons. The number of ketones is 1. The van der Waals surface area contributed by atoms with Crippen molar-refractivity contribution in [1.29, 1.82) is 0 Å². The van der Waals surface area contributed by atoms with Crippen LogP contribution in [-0.2, 0) is 11.2 Å². The Balaban J connectivity index is 1.86. The van der Waals surface area contributed by atoms with E-state index in [9.17, 15) is 9.18 Å². The average molecular weight is 267 g/mol. The van der Waals surface area contributed by atoms with Gasteiger partial charge in [-0.15, -0.1) is 0 Å². The van der Waals surface area contributed by atoms with E-state index in [-0.39, 0.29) is 18.0 Å². The fraction of sp³-hybridized carbons (Fsp3) is 0.500. The Morgan fingerprint density at radius 3 is 2.94 bits per heavy atom. The first-order valence-electron chi connectivity index (χ1n) is 6.20. The summed E-state index contributed by atoms with van der Waals surface area (Å²) in [5.41, 5.74) is 0.497. The van der Waals surface area contributed by atoms with Gasteiger partial charge in [0.1, 0.15) is 5.82 Å². The van der Waals surface area contributed by atoms with E-state index in [1.807, 2.05) is 18.8 Å². The molecule has 1 atom stereocenters. The van der Waals surface area contributed by atoms with Crippen LogP contribution in [0.15, 0.2) is 24.3 Å². The number of hydrogen-bond donors (Lipinski definition) is 0. The number of nitrogens with zero attached hydrogens (tertiary/aromatic N) is 1. The summed E-state index contributed by atoms with van der Waals surface area (Å²) in [4.78, 5) is 14.0. The number of likely N-dealkylation sites (N-methyl/N-ethyl adjacent to an activating group) is 1. The van der Waals surface area contributed by atoms with Gasteiger partial charge in [0.2, 0.25) is 0 Å². The number of thioether (sulfide) groups is 1. The molecule has 0 aliphatic carbocycles. The van der Waals surface area contributed by atoms with Crippen molar-refractivity contribution in [3.05, 3.63) is 35.6 Å². The maximum absolute atomic E-state index is 13.4. The molecule has 1 unspecified atom stereocenters. The van der Waals surface area contributed by atoms with Crippen LogP contribution in [0.1, 0.15) is 12.0 Å². The molecule has 1 saturated heterocycles. The summed E-state index contributed by atoms with van der Waals surface area (Å²) >= 11 is 1.93. The highest BCUT2D eigenvalue weighted by molar-refractivity contribution is 7.99. The Hall–Kier alpha value is -0.870. The molecular weight excluding hydrogens is 249 g/mol. The molecule has 0 bridgehead atoms. The fourth-order valence-corrected chi connectivity index (χ4v) is 3.49. The summed E-state index contributed by atoms with van der Waals surface area (Å²) in [7, 11) is 1.98. The van der Waals surface area contributed by atoms with Crippen LogP contribution in [0, 0.1) is 5.82 Å².